The molecule has 2 rings (SSSR count). The highest BCUT2D eigenvalue weighted by molar-refractivity contribution is 5.88. The number of carbonyl (C=O) groups is 1. The number of rotatable bonds is 2. The fourth-order valence-electron chi connectivity index (χ4n) is 2.00. The number of nitrogens with zero attached hydrogens (tertiary/aromatic N) is 1. The largest absolute Gasteiger partial charge is 0.371 e. The van der Waals surface area contributed by atoms with Gasteiger partial charge in [-0.05, 0) is 24.7 Å². The molecule has 0 bridgehead atoms. The standard InChI is InChI=1S/C13H18N2O2/c1-10(16)14-12-5-3-4-11(8-12)13-9-15(2)6-7-17-13/h3-5,8,13H,6-7,9H2,1-2H3,(H,14,16). The van der Waals surface area contributed by atoms with Crippen molar-refractivity contribution in [2.45, 2.75) is 13.0 Å². The maximum atomic E-state index is 11.0. The highest BCUT2D eigenvalue weighted by Crippen LogP contribution is 2.23. The Balaban J connectivity index is 2.12. The van der Waals surface area contributed by atoms with Crippen LogP contribution in [-0.2, 0) is 9.53 Å². The minimum atomic E-state index is -0.0520. The summed E-state index contributed by atoms with van der Waals surface area (Å²) in [4.78, 5) is 13.3. The van der Waals surface area contributed by atoms with Crippen LogP contribution in [0.2, 0.25) is 0 Å². The molecule has 1 unspecified atom stereocenters. The van der Waals surface area contributed by atoms with Crippen molar-refractivity contribution < 1.29 is 9.53 Å². The molecule has 92 valence electrons. The molecule has 1 N–H and O–H groups in total. The molecule has 1 aromatic carbocycles. The first-order chi connectivity index (χ1) is 8.15. The highest BCUT2D eigenvalue weighted by atomic mass is 16.5. The lowest BCUT2D eigenvalue weighted by atomic mass is 10.1. The highest BCUT2D eigenvalue weighted by Gasteiger charge is 2.19. The molecule has 0 saturated carbocycles. The van der Waals surface area contributed by atoms with Crippen LogP contribution < -0.4 is 5.32 Å². The fraction of sp³-hybridized carbons (Fsp3) is 0.462. The second-order valence-electron chi connectivity index (χ2n) is 4.43. The van der Waals surface area contributed by atoms with Gasteiger partial charge in [0.2, 0.25) is 5.91 Å². The lowest BCUT2D eigenvalue weighted by molar-refractivity contribution is -0.114. The fourth-order valence-corrected chi connectivity index (χ4v) is 2.00. The van der Waals surface area contributed by atoms with Crippen molar-refractivity contribution in [1.29, 1.82) is 0 Å². The minimum Gasteiger partial charge on any atom is -0.371 e. The molecule has 0 spiro atoms. The van der Waals surface area contributed by atoms with Crippen LogP contribution in [0.4, 0.5) is 5.69 Å². The van der Waals surface area contributed by atoms with E-state index >= 15 is 0 Å². The van der Waals surface area contributed by atoms with Crippen molar-refractivity contribution in [3.8, 4) is 0 Å². The van der Waals surface area contributed by atoms with Gasteiger partial charge in [-0.3, -0.25) is 4.79 Å². The summed E-state index contributed by atoms with van der Waals surface area (Å²) >= 11 is 0. The van der Waals surface area contributed by atoms with Crippen LogP contribution in [0, 0.1) is 0 Å². The predicted octanol–water partition coefficient (Wildman–Crippen LogP) is 1.65. The van der Waals surface area contributed by atoms with Crippen LogP contribution in [0.25, 0.3) is 0 Å². The Morgan fingerprint density at radius 3 is 3.06 bits per heavy atom. The number of morpholine rings is 1. The van der Waals surface area contributed by atoms with Crippen molar-refractivity contribution in [3.63, 3.8) is 0 Å². The van der Waals surface area contributed by atoms with Crippen molar-refractivity contribution in [1.82, 2.24) is 4.90 Å². The Labute approximate surface area is 102 Å². The molecular weight excluding hydrogens is 216 g/mol. The van der Waals surface area contributed by atoms with Gasteiger partial charge in [-0.2, -0.15) is 0 Å². The van der Waals surface area contributed by atoms with E-state index in [0.29, 0.717) is 0 Å². The van der Waals surface area contributed by atoms with Crippen LogP contribution in [0.1, 0.15) is 18.6 Å². The number of benzene rings is 1. The van der Waals surface area contributed by atoms with E-state index in [1.807, 2.05) is 24.3 Å². The zero-order chi connectivity index (χ0) is 12.3. The van der Waals surface area contributed by atoms with Crippen LogP contribution in [0.5, 0.6) is 0 Å². The zero-order valence-electron chi connectivity index (χ0n) is 10.3. The summed E-state index contributed by atoms with van der Waals surface area (Å²) in [5, 5.41) is 2.79. The summed E-state index contributed by atoms with van der Waals surface area (Å²) in [5.41, 5.74) is 1.94. The molecule has 1 aliphatic heterocycles. The van der Waals surface area contributed by atoms with E-state index in [4.69, 9.17) is 4.74 Å². The molecule has 1 atom stereocenters. The third-order valence-electron chi connectivity index (χ3n) is 2.85. The molecule has 4 nitrogen and oxygen atoms in total. The second-order valence-corrected chi connectivity index (χ2v) is 4.43. The number of nitrogens with one attached hydrogen (secondary N) is 1. The van der Waals surface area contributed by atoms with Crippen LogP contribution >= 0.6 is 0 Å². The van der Waals surface area contributed by atoms with Gasteiger partial charge < -0.3 is 15.0 Å². The van der Waals surface area contributed by atoms with Crippen LogP contribution in [-0.4, -0.2) is 37.6 Å². The van der Waals surface area contributed by atoms with Gasteiger partial charge in [0, 0.05) is 25.7 Å². The first-order valence-electron chi connectivity index (χ1n) is 5.83. The van der Waals surface area contributed by atoms with Gasteiger partial charge in [0.25, 0.3) is 0 Å². The number of carbonyl (C=O) groups excluding carboxylic acids is 1. The first-order valence-corrected chi connectivity index (χ1v) is 5.83. The molecule has 0 radical (unpaired) electrons. The Bertz CT molecular complexity index is 406. The summed E-state index contributed by atoms with van der Waals surface area (Å²) in [6.45, 7) is 4.13. The van der Waals surface area contributed by atoms with Gasteiger partial charge in [0.1, 0.15) is 0 Å². The maximum Gasteiger partial charge on any atom is 0.221 e. The average Bonchev–Trinajstić information content (AvgIpc) is 2.28. The van der Waals surface area contributed by atoms with E-state index in [1.54, 1.807) is 0 Å². The number of amides is 1. The van der Waals surface area contributed by atoms with E-state index in [1.165, 1.54) is 6.92 Å². The van der Waals surface area contributed by atoms with Crippen molar-refractivity contribution in [2.24, 2.45) is 0 Å². The second kappa shape index (κ2) is 5.29. The molecular formula is C13H18N2O2. The normalized spacial score (nSPS) is 21.2. The summed E-state index contributed by atoms with van der Waals surface area (Å²) in [5.74, 6) is -0.0520. The molecule has 0 aromatic heterocycles. The summed E-state index contributed by atoms with van der Waals surface area (Å²) in [6.07, 6.45) is 0.0995. The van der Waals surface area contributed by atoms with E-state index in [2.05, 4.69) is 17.3 Å². The molecule has 1 amide bonds. The van der Waals surface area contributed by atoms with E-state index < -0.39 is 0 Å². The van der Waals surface area contributed by atoms with Crippen LogP contribution in [0.3, 0.4) is 0 Å². The SMILES string of the molecule is CC(=O)Nc1cccc(C2CN(C)CCO2)c1. The van der Waals surface area contributed by atoms with E-state index in [0.717, 1.165) is 30.9 Å². The van der Waals surface area contributed by atoms with Gasteiger partial charge in [-0.25, -0.2) is 0 Å². The van der Waals surface area contributed by atoms with E-state index in [9.17, 15) is 4.79 Å². The lowest BCUT2D eigenvalue weighted by Crippen LogP contribution is -2.35. The lowest BCUT2D eigenvalue weighted by Gasteiger charge is -2.30. The maximum absolute atomic E-state index is 11.0. The van der Waals surface area contributed by atoms with Crippen molar-refractivity contribution >= 4 is 11.6 Å². The Morgan fingerprint density at radius 2 is 2.35 bits per heavy atom. The third-order valence-corrected chi connectivity index (χ3v) is 2.85. The summed E-state index contributed by atoms with van der Waals surface area (Å²) < 4.78 is 5.74. The molecule has 1 fully saturated rings. The van der Waals surface area contributed by atoms with Gasteiger partial charge in [0.15, 0.2) is 0 Å². The van der Waals surface area contributed by atoms with Crippen LogP contribution in [0.15, 0.2) is 24.3 Å². The summed E-state index contributed by atoms with van der Waals surface area (Å²) in [7, 11) is 2.09. The van der Waals surface area contributed by atoms with Gasteiger partial charge in [-0.15, -0.1) is 0 Å². The number of likely N-dealkylation sites (N-methyl/N-ethyl adjacent to an activating group) is 1. The first kappa shape index (κ1) is 12.1. The zero-order valence-corrected chi connectivity index (χ0v) is 10.3. The van der Waals surface area contributed by atoms with Crippen molar-refractivity contribution in [2.75, 3.05) is 32.1 Å². The third kappa shape index (κ3) is 3.28. The summed E-state index contributed by atoms with van der Waals surface area (Å²) in [6, 6.07) is 7.84. The molecule has 1 heterocycles. The van der Waals surface area contributed by atoms with Gasteiger partial charge in [0.05, 0.1) is 12.7 Å². The Hall–Kier alpha value is -1.39. The molecule has 17 heavy (non-hydrogen) atoms. The Kier molecular flexibility index (Phi) is 3.76. The minimum absolute atomic E-state index is 0.0520. The number of anilines is 1. The quantitative estimate of drug-likeness (QED) is 0.846. The molecule has 4 heteroatoms. The van der Waals surface area contributed by atoms with Crippen molar-refractivity contribution in [3.05, 3.63) is 29.8 Å². The number of hydrogen-bond acceptors (Lipinski definition) is 3. The van der Waals surface area contributed by atoms with E-state index in [-0.39, 0.29) is 12.0 Å². The average molecular weight is 234 g/mol. The molecule has 1 aromatic rings. The Morgan fingerprint density at radius 1 is 1.53 bits per heavy atom. The predicted molar refractivity (Wildman–Crippen MR) is 66.9 cm³/mol. The molecule has 1 aliphatic rings. The molecule has 1 saturated heterocycles. The monoisotopic (exact) mass is 234 g/mol. The van der Waals surface area contributed by atoms with Gasteiger partial charge >= 0.3 is 0 Å². The number of hydrogen-bond donors (Lipinski definition) is 1. The number of ether oxygens (including phenoxy) is 1. The molecule has 0 aliphatic carbocycles. The topological polar surface area (TPSA) is 41.6 Å². The van der Waals surface area contributed by atoms with Gasteiger partial charge in [-0.1, -0.05) is 12.1 Å². The smallest absolute Gasteiger partial charge is 0.221 e.